The third-order valence-electron chi connectivity index (χ3n) is 5.75. The number of carbonyl (C=O) groups is 2. The van der Waals surface area contributed by atoms with E-state index in [0.717, 1.165) is 11.3 Å². The lowest BCUT2D eigenvalue weighted by atomic mass is 10.1. The fraction of sp³-hybridized carbons (Fsp3) is 0.250. The lowest BCUT2D eigenvalue weighted by Crippen LogP contribution is -2.24. The number of rotatable bonds is 4. The first-order chi connectivity index (χ1) is 15.8. The summed E-state index contributed by atoms with van der Waals surface area (Å²) in [5.74, 6) is 0.240. The number of nitrogens with zero attached hydrogens (tertiary/aromatic N) is 3. The summed E-state index contributed by atoms with van der Waals surface area (Å²) in [6.07, 6.45) is 1.11. The van der Waals surface area contributed by atoms with Crippen molar-refractivity contribution in [1.82, 2.24) is 10.1 Å². The molecule has 8 nitrogen and oxygen atoms in total. The SMILES string of the molecule is Cc1cc(-c2cc(C(=O)Nc3ccc(N4CCCC4=O)c(F)c3)c3c(C)noc3n2)c(C)o1. The van der Waals surface area contributed by atoms with Crippen molar-refractivity contribution in [3.8, 4) is 11.3 Å². The van der Waals surface area contributed by atoms with E-state index < -0.39 is 11.7 Å². The van der Waals surface area contributed by atoms with Gasteiger partial charge in [-0.2, -0.15) is 0 Å². The maximum atomic E-state index is 14.7. The van der Waals surface area contributed by atoms with Gasteiger partial charge in [-0.05, 0) is 57.5 Å². The Bertz CT molecular complexity index is 1420. The molecule has 0 saturated carbocycles. The summed E-state index contributed by atoms with van der Waals surface area (Å²) in [5, 5.41) is 7.16. The van der Waals surface area contributed by atoms with Gasteiger partial charge in [0.15, 0.2) is 0 Å². The van der Waals surface area contributed by atoms with Crippen LogP contribution in [0.15, 0.2) is 39.3 Å². The highest BCUT2D eigenvalue weighted by Crippen LogP contribution is 2.31. The highest BCUT2D eigenvalue weighted by atomic mass is 19.1. The second-order valence-electron chi connectivity index (χ2n) is 8.10. The molecule has 9 heteroatoms. The number of amides is 2. The highest BCUT2D eigenvalue weighted by Gasteiger charge is 2.25. The zero-order valence-electron chi connectivity index (χ0n) is 18.4. The van der Waals surface area contributed by atoms with E-state index in [4.69, 9.17) is 8.94 Å². The van der Waals surface area contributed by atoms with Crippen LogP contribution in [-0.2, 0) is 4.79 Å². The molecule has 3 aromatic heterocycles. The van der Waals surface area contributed by atoms with Crippen molar-refractivity contribution in [2.75, 3.05) is 16.8 Å². The van der Waals surface area contributed by atoms with Crippen LogP contribution in [0.5, 0.6) is 0 Å². The van der Waals surface area contributed by atoms with E-state index in [2.05, 4.69) is 15.5 Å². The van der Waals surface area contributed by atoms with E-state index >= 15 is 0 Å². The number of aryl methyl sites for hydroxylation is 3. The minimum absolute atomic E-state index is 0.106. The Labute approximate surface area is 188 Å². The molecule has 1 saturated heterocycles. The number of anilines is 2. The zero-order chi connectivity index (χ0) is 23.3. The number of aromatic nitrogens is 2. The number of pyridine rings is 1. The van der Waals surface area contributed by atoms with Crippen LogP contribution in [0.3, 0.4) is 0 Å². The third kappa shape index (κ3) is 3.65. The maximum absolute atomic E-state index is 14.7. The van der Waals surface area contributed by atoms with Gasteiger partial charge in [0.05, 0.1) is 28.0 Å². The standard InChI is InChI=1S/C24H21FN4O4/c1-12-9-16(14(3)32-12)19-11-17(22-13(2)28-33-24(22)27-19)23(31)26-15-6-7-20(18(25)10-15)29-8-4-5-21(29)30/h6-7,9-11H,4-5,8H2,1-3H3,(H,26,31). The van der Waals surface area contributed by atoms with Gasteiger partial charge >= 0.3 is 0 Å². The van der Waals surface area contributed by atoms with Crippen LogP contribution in [0.2, 0.25) is 0 Å². The molecule has 1 aliphatic heterocycles. The predicted octanol–water partition coefficient (Wildman–Crippen LogP) is 4.93. The summed E-state index contributed by atoms with van der Waals surface area (Å²) in [6.45, 7) is 5.85. The van der Waals surface area contributed by atoms with Crippen LogP contribution < -0.4 is 10.2 Å². The van der Waals surface area contributed by atoms with Gasteiger partial charge in [-0.25, -0.2) is 9.37 Å². The Kier molecular flexibility index (Phi) is 4.96. The molecule has 1 aliphatic rings. The number of carbonyl (C=O) groups excluding carboxylic acids is 2. The smallest absolute Gasteiger partial charge is 0.259 e. The van der Waals surface area contributed by atoms with E-state index in [1.807, 2.05) is 19.9 Å². The Hall–Kier alpha value is -4.01. The fourth-order valence-corrected chi connectivity index (χ4v) is 4.20. The highest BCUT2D eigenvalue weighted by molar-refractivity contribution is 6.13. The number of benzene rings is 1. The molecule has 0 spiro atoms. The lowest BCUT2D eigenvalue weighted by molar-refractivity contribution is -0.117. The van der Waals surface area contributed by atoms with Gasteiger partial charge in [0.25, 0.3) is 11.6 Å². The van der Waals surface area contributed by atoms with Crippen molar-refractivity contribution in [3.05, 3.63) is 58.9 Å². The summed E-state index contributed by atoms with van der Waals surface area (Å²) in [6, 6.07) is 7.77. The number of hydrogen-bond acceptors (Lipinski definition) is 6. The molecule has 5 rings (SSSR count). The third-order valence-corrected chi connectivity index (χ3v) is 5.75. The Balaban J connectivity index is 1.50. The van der Waals surface area contributed by atoms with Crippen molar-refractivity contribution in [1.29, 1.82) is 0 Å². The molecule has 33 heavy (non-hydrogen) atoms. The zero-order valence-corrected chi connectivity index (χ0v) is 18.4. The molecule has 1 aromatic carbocycles. The van der Waals surface area contributed by atoms with Gasteiger partial charge in [-0.3, -0.25) is 9.59 Å². The molecule has 1 N–H and O–H groups in total. The summed E-state index contributed by atoms with van der Waals surface area (Å²) in [7, 11) is 0. The number of fused-ring (bicyclic) bond motifs is 1. The van der Waals surface area contributed by atoms with Gasteiger partial charge in [-0.15, -0.1) is 0 Å². The van der Waals surface area contributed by atoms with Crippen molar-refractivity contribution in [2.45, 2.75) is 33.6 Å². The molecule has 1 fully saturated rings. The molecule has 0 unspecified atom stereocenters. The Morgan fingerprint density at radius 2 is 2.00 bits per heavy atom. The van der Waals surface area contributed by atoms with Crippen LogP contribution in [0, 0.1) is 26.6 Å². The van der Waals surface area contributed by atoms with Crippen molar-refractivity contribution >= 4 is 34.3 Å². The van der Waals surface area contributed by atoms with Gasteiger partial charge in [-0.1, -0.05) is 5.16 Å². The molecule has 0 bridgehead atoms. The minimum atomic E-state index is -0.575. The van der Waals surface area contributed by atoms with E-state index in [9.17, 15) is 14.0 Å². The quantitative estimate of drug-likeness (QED) is 0.475. The van der Waals surface area contributed by atoms with Crippen LogP contribution in [-0.4, -0.2) is 28.5 Å². The van der Waals surface area contributed by atoms with Gasteiger partial charge in [0.2, 0.25) is 5.91 Å². The summed E-state index contributed by atoms with van der Waals surface area (Å²) < 4.78 is 25.7. The molecule has 4 aromatic rings. The molecule has 4 heterocycles. The summed E-state index contributed by atoms with van der Waals surface area (Å²) in [5.41, 5.74) is 2.76. The predicted molar refractivity (Wildman–Crippen MR) is 120 cm³/mol. The molecule has 0 atom stereocenters. The van der Waals surface area contributed by atoms with E-state index in [0.29, 0.717) is 47.5 Å². The monoisotopic (exact) mass is 448 g/mol. The van der Waals surface area contributed by atoms with Gasteiger partial charge in [0.1, 0.15) is 17.3 Å². The maximum Gasteiger partial charge on any atom is 0.259 e. The molecule has 0 radical (unpaired) electrons. The molecular weight excluding hydrogens is 427 g/mol. The average molecular weight is 448 g/mol. The number of hydrogen-bond donors (Lipinski definition) is 1. The van der Waals surface area contributed by atoms with Gasteiger partial charge < -0.3 is 19.2 Å². The van der Waals surface area contributed by atoms with Crippen molar-refractivity contribution in [3.63, 3.8) is 0 Å². The average Bonchev–Trinajstić information content (AvgIpc) is 3.46. The van der Waals surface area contributed by atoms with Crippen LogP contribution >= 0.6 is 0 Å². The Morgan fingerprint density at radius 1 is 1.18 bits per heavy atom. The van der Waals surface area contributed by atoms with Gasteiger partial charge in [0, 0.05) is 24.2 Å². The summed E-state index contributed by atoms with van der Waals surface area (Å²) in [4.78, 5) is 31.1. The van der Waals surface area contributed by atoms with E-state index in [1.165, 1.54) is 17.0 Å². The fourth-order valence-electron chi connectivity index (χ4n) is 4.20. The first-order valence-corrected chi connectivity index (χ1v) is 10.6. The van der Waals surface area contributed by atoms with Crippen LogP contribution in [0.25, 0.3) is 22.4 Å². The largest absolute Gasteiger partial charge is 0.466 e. The first kappa shape index (κ1) is 20.9. The lowest BCUT2D eigenvalue weighted by Gasteiger charge is -2.17. The van der Waals surface area contributed by atoms with Crippen molar-refractivity contribution in [2.24, 2.45) is 0 Å². The Morgan fingerprint density at radius 3 is 2.67 bits per heavy atom. The molecule has 2 amide bonds. The minimum Gasteiger partial charge on any atom is -0.466 e. The molecule has 0 aliphatic carbocycles. The number of halogens is 1. The topological polar surface area (TPSA) is 101 Å². The van der Waals surface area contributed by atoms with E-state index in [1.54, 1.807) is 19.1 Å². The second kappa shape index (κ2) is 7.84. The van der Waals surface area contributed by atoms with Crippen LogP contribution in [0.1, 0.15) is 40.4 Å². The van der Waals surface area contributed by atoms with Crippen molar-refractivity contribution < 1.29 is 22.9 Å². The molecule has 168 valence electrons. The number of furan rings is 1. The van der Waals surface area contributed by atoms with Crippen LogP contribution in [0.4, 0.5) is 15.8 Å². The van der Waals surface area contributed by atoms with E-state index in [-0.39, 0.29) is 23.0 Å². The normalized spacial score (nSPS) is 13.8. The summed E-state index contributed by atoms with van der Waals surface area (Å²) >= 11 is 0. The molecular formula is C24H21FN4O4. The first-order valence-electron chi connectivity index (χ1n) is 10.6. The second-order valence-corrected chi connectivity index (χ2v) is 8.10. The number of nitrogens with one attached hydrogen (secondary N) is 1.